The summed E-state index contributed by atoms with van der Waals surface area (Å²) in [5.41, 5.74) is 0. The SMILES string of the molecule is CC1(C)O[C@H]([C@@H]2OC(C)(C)O[C@H]2CO)[C@H](CO)O1. The Morgan fingerprint density at radius 3 is 1.33 bits per heavy atom. The molecule has 2 rings (SSSR count). The smallest absolute Gasteiger partial charge is 0.164 e. The van der Waals surface area contributed by atoms with Crippen molar-refractivity contribution < 1.29 is 29.2 Å². The molecule has 2 heterocycles. The van der Waals surface area contributed by atoms with Crippen LogP contribution >= 0.6 is 0 Å². The summed E-state index contributed by atoms with van der Waals surface area (Å²) in [4.78, 5) is 0. The van der Waals surface area contributed by atoms with E-state index in [1.807, 2.05) is 0 Å². The maximum absolute atomic E-state index is 9.35. The van der Waals surface area contributed by atoms with Crippen LogP contribution in [-0.2, 0) is 18.9 Å². The van der Waals surface area contributed by atoms with Gasteiger partial charge in [-0.05, 0) is 27.7 Å². The Hall–Kier alpha value is -0.240. The zero-order valence-corrected chi connectivity index (χ0v) is 11.3. The Labute approximate surface area is 107 Å². The highest BCUT2D eigenvalue weighted by Gasteiger charge is 2.53. The second-order valence-corrected chi connectivity index (χ2v) is 5.64. The maximum Gasteiger partial charge on any atom is 0.164 e. The summed E-state index contributed by atoms with van der Waals surface area (Å²) < 4.78 is 22.7. The van der Waals surface area contributed by atoms with Gasteiger partial charge in [0.2, 0.25) is 0 Å². The summed E-state index contributed by atoms with van der Waals surface area (Å²) in [6.07, 6.45) is -1.86. The van der Waals surface area contributed by atoms with Gasteiger partial charge in [-0.3, -0.25) is 0 Å². The molecule has 2 aliphatic rings. The van der Waals surface area contributed by atoms with Crippen LogP contribution in [0.3, 0.4) is 0 Å². The molecule has 0 aromatic rings. The second-order valence-electron chi connectivity index (χ2n) is 5.64. The van der Waals surface area contributed by atoms with Crippen molar-refractivity contribution >= 4 is 0 Å². The van der Waals surface area contributed by atoms with Gasteiger partial charge in [0, 0.05) is 0 Å². The van der Waals surface area contributed by atoms with Gasteiger partial charge in [0.05, 0.1) is 13.2 Å². The van der Waals surface area contributed by atoms with Gasteiger partial charge in [-0.2, -0.15) is 0 Å². The molecule has 2 saturated heterocycles. The quantitative estimate of drug-likeness (QED) is 0.746. The Bertz CT molecular complexity index is 273. The van der Waals surface area contributed by atoms with Gasteiger partial charge in [-0.25, -0.2) is 0 Å². The average Bonchev–Trinajstić information content (AvgIpc) is 2.74. The van der Waals surface area contributed by atoms with E-state index in [4.69, 9.17) is 18.9 Å². The number of rotatable bonds is 3. The van der Waals surface area contributed by atoms with Crippen molar-refractivity contribution in [3.8, 4) is 0 Å². The molecule has 0 aliphatic carbocycles. The van der Waals surface area contributed by atoms with Crippen LogP contribution < -0.4 is 0 Å². The van der Waals surface area contributed by atoms with E-state index in [1.54, 1.807) is 27.7 Å². The van der Waals surface area contributed by atoms with Crippen LogP contribution in [0.2, 0.25) is 0 Å². The lowest BCUT2D eigenvalue weighted by molar-refractivity contribution is -0.175. The molecule has 2 aliphatic heterocycles. The molecular weight excluding hydrogens is 240 g/mol. The molecular formula is C12H22O6. The van der Waals surface area contributed by atoms with Crippen LogP contribution in [0.25, 0.3) is 0 Å². The lowest BCUT2D eigenvalue weighted by atomic mass is 10.0. The van der Waals surface area contributed by atoms with Crippen molar-refractivity contribution in [2.24, 2.45) is 0 Å². The third-order valence-electron chi connectivity index (χ3n) is 3.13. The number of hydrogen-bond donors (Lipinski definition) is 2. The minimum absolute atomic E-state index is 0.160. The fraction of sp³-hybridized carbons (Fsp3) is 1.00. The molecule has 18 heavy (non-hydrogen) atoms. The van der Waals surface area contributed by atoms with Crippen molar-refractivity contribution in [2.75, 3.05) is 13.2 Å². The van der Waals surface area contributed by atoms with Gasteiger partial charge in [-0.1, -0.05) is 0 Å². The lowest BCUT2D eigenvalue weighted by Gasteiger charge is -2.24. The maximum atomic E-state index is 9.35. The van der Waals surface area contributed by atoms with Crippen LogP contribution in [0.5, 0.6) is 0 Å². The first-order valence-corrected chi connectivity index (χ1v) is 6.21. The number of hydrogen-bond acceptors (Lipinski definition) is 6. The topological polar surface area (TPSA) is 77.4 Å². The molecule has 2 N–H and O–H groups in total. The van der Waals surface area contributed by atoms with E-state index in [9.17, 15) is 10.2 Å². The monoisotopic (exact) mass is 262 g/mol. The summed E-state index contributed by atoms with van der Waals surface area (Å²) in [5, 5.41) is 18.7. The molecule has 0 aromatic heterocycles. The highest BCUT2D eigenvalue weighted by atomic mass is 16.8. The first-order valence-electron chi connectivity index (χ1n) is 6.21. The van der Waals surface area contributed by atoms with Gasteiger partial charge in [0.15, 0.2) is 11.6 Å². The van der Waals surface area contributed by atoms with E-state index in [0.29, 0.717) is 0 Å². The fourth-order valence-electron chi connectivity index (χ4n) is 2.57. The number of aliphatic hydroxyl groups is 2. The van der Waals surface area contributed by atoms with E-state index >= 15 is 0 Å². The van der Waals surface area contributed by atoms with Crippen molar-refractivity contribution in [1.82, 2.24) is 0 Å². The van der Waals surface area contributed by atoms with E-state index in [1.165, 1.54) is 0 Å². The third kappa shape index (κ3) is 2.68. The molecule has 4 atom stereocenters. The van der Waals surface area contributed by atoms with Crippen LogP contribution in [0.4, 0.5) is 0 Å². The summed E-state index contributed by atoms with van der Waals surface area (Å²) in [5.74, 6) is -1.54. The van der Waals surface area contributed by atoms with E-state index in [2.05, 4.69) is 0 Å². The summed E-state index contributed by atoms with van der Waals surface area (Å²) in [6, 6.07) is 0. The zero-order valence-electron chi connectivity index (χ0n) is 11.3. The molecule has 0 saturated carbocycles. The normalized spacial score (nSPS) is 42.3. The minimum Gasteiger partial charge on any atom is -0.394 e. The molecule has 0 bridgehead atoms. The average molecular weight is 262 g/mol. The van der Waals surface area contributed by atoms with E-state index in [0.717, 1.165) is 0 Å². The zero-order chi connectivity index (χ0) is 13.6. The first kappa shape index (κ1) is 14.2. The molecule has 0 unspecified atom stereocenters. The van der Waals surface area contributed by atoms with Crippen LogP contribution in [-0.4, -0.2) is 59.4 Å². The fourth-order valence-corrected chi connectivity index (χ4v) is 2.57. The van der Waals surface area contributed by atoms with Crippen molar-refractivity contribution in [3.05, 3.63) is 0 Å². The lowest BCUT2D eigenvalue weighted by Crippen LogP contribution is -2.44. The molecule has 0 aromatic carbocycles. The number of ether oxygens (including phenoxy) is 4. The molecule has 2 fully saturated rings. The Morgan fingerprint density at radius 1 is 0.722 bits per heavy atom. The van der Waals surface area contributed by atoms with Gasteiger partial charge in [-0.15, -0.1) is 0 Å². The Balaban J connectivity index is 2.15. The molecule has 0 spiro atoms. The predicted molar refractivity (Wildman–Crippen MR) is 61.8 cm³/mol. The van der Waals surface area contributed by atoms with Gasteiger partial charge in [0.25, 0.3) is 0 Å². The van der Waals surface area contributed by atoms with Gasteiger partial charge in [0.1, 0.15) is 24.4 Å². The molecule has 0 amide bonds. The summed E-state index contributed by atoms with van der Waals surface area (Å²) in [7, 11) is 0. The first-order chi connectivity index (χ1) is 8.28. The van der Waals surface area contributed by atoms with Gasteiger partial charge < -0.3 is 29.2 Å². The Morgan fingerprint density at radius 2 is 1.06 bits per heavy atom. The predicted octanol–water partition coefficient (Wildman–Crippen LogP) is 0.0112. The van der Waals surface area contributed by atoms with Crippen molar-refractivity contribution in [1.29, 1.82) is 0 Å². The largest absolute Gasteiger partial charge is 0.394 e. The van der Waals surface area contributed by atoms with Crippen LogP contribution in [0.1, 0.15) is 27.7 Å². The highest BCUT2D eigenvalue weighted by Crippen LogP contribution is 2.38. The van der Waals surface area contributed by atoms with E-state index in [-0.39, 0.29) is 13.2 Å². The standard InChI is InChI=1S/C12H22O6/c1-11(2)15-7(5-13)9(17-11)10-8(6-14)16-12(3,4)18-10/h7-10,13-14H,5-6H2,1-4H3/t7-,8-,9-,10+/m0/s1. The minimum atomic E-state index is -0.770. The van der Waals surface area contributed by atoms with E-state index < -0.39 is 36.0 Å². The molecule has 106 valence electrons. The summed E-state index contributed by atoms with van der Waals surface area (Å²) >= 11 is 0. The third-order valence-corrected chi connectivity index (χ3v) is 3.13. The molecule has 0 radical (unpaired) electrons. The van der Waals surface area contributed by atoms with Crippen LogP contribution in [0, 0.1) is 0 Å². The molecule has 6 heteroatoms. The molecule has 6 nitrogen and oxygen atoms in total. The number of aliphatic hydroxyl groups excluding tert-OH is 2. The highest BCUT2D eigenvalue weighted by molar-refractivity contribution is 4.94. The van der Waals surface area contributed by atoms with Gasteiger partial charge >= 0.3 is 0 Å². The Kier molecular flexibility index (Phi) is 3.70. The second kappa shape index (κ2) is 4.70. The van der Waals surface area contributed by atoms with Crippen LogP contribution in [0.15, 0.2) is 0 Å². The van der Waals surface area contributed by atoms with Crippen molar-refractivity contribution in [2.45, 2.75) is 63.7 Å². The van der Waals surface area contributed by atoms with Crippen molar-refractivity contribution in [3.63, 3.8) is 0 Å². The summed E-state index contributed by atoms with van der Waals surface area (Å²) in [6.45, 7) is 6.81.